The number of aromatic nitrogens is 3. The number of pyridine rings is 1. The Balaban J connectivity index is 1.24. The third-order valence-electron chi connectivity index (χ3n) is 6.71. The number of rotatable bonds is 6. The first-order chi connectivity index (χ1) is 18.1. The van der Waals surface area contributed by atoms with E-state index in [1.165, 1.54) is 0 Å². The topological polar surface area (TPSA) is 81.2 Å². The SMILES string of the molecule is Cc1ccc2cccc(Oc3ccc(Nc4ncnc5ccc(NC6CCOCC6)cc45)cc3C)c2n1. The second-order valence-electron chi connectivity index (χ2n) is 9.47. The summed E-state index contributed by atoms with van der Waals surface area (Å²) in [5, 5.41) is 9.14. The summed E-state index contributed by atoms with van der Waals surface area (Å²) in [6, 6.07) is 22.8. The van der Waals surface area contributed by atoms with Gasteiger partial charge in [-0.2, -0.15) is 0 Å². The Morgan fingerprint density at radius 2 is 1.73 bits per heavy atom. The first-order valence-corrected chi connectivity index (χ1v) is 12.6. The normalized spacial score (nSPS) is 14.1. The lowest BCUT2D eigenvalue weighted by molar-refractivity contribution is 0.0904. The van der Waals surface area contributed by atoms with Gasteiger partial charge in [0.25, 0.3) is 0 Å². The van der Waals surface area contributed by atoms with Crippen LogP contribution in [0, 0.1) is 13.8 Å². The predicted octanol–water partition coefficient (Wildman–Crippen LogP) is 6.92. The number of hydrogen-bond acceptors (Lipinski definition) is 7. The Hall–Kier alpha value is -4.23. The molecule has 2 N–H and O–H groups in total. The van der Waals surface area contributed by atoms with Gasteiger partial charge >= 0.3 is 0 Å². The maximum absolute atomic E-state index is 6.31. The van der Waals surface area contributed by atoms with E-state index in [1.54, 1.807) is 6.33 Å². The molecule has 0 atom stereocenters. The second-order valence-corrected chi connectivity index (χ2v) is 9.47. The van der Waals surface area contributed by atoms with Crippen molar-refractivity contribution >= 4 is 39.0 Å². The van der Waals surface area contributed by atoms with Gasteiger partial charge < -0.3 is 20.1 Å². The molecular formula is C30H29N5O2. The number of anilines is 3. The highest BCUT2D eigenvalue weighted by Gasteiger charge is 2.14. The highest BCUT2D eigenvalue weighted by Crippen LogP contribution is 2.33. The first-order valence-electron chi connectivity index (χ1n) is 12.6. The summed E-state index contributed by atoms with van der Waals surface area (Å²) in [5.41, 5.74) is 5.72. The molecule has 3 aromatic carbocycles. The van der Waals surface area contributed by atoms with Crippen molar-refractivity contribution in [1.82, 2.24) is 15.0 Å². The van der Waals surface area contributed by atoms with E-state index in [4.69, 9.17) is 9.47 Å². The Labute approximate surface area is 215 Å². The third kappa shape index (κ3) is 5.04. The molecule has 7 heteroatoms. The van der Waals surface area contributed by atoms with E-state index in [2.05, 4.69) is 49.9 Å². The zero-order chi connectivity index (χ0) is 25.2. The molecule has 0 radical (unpaired) electrons. The zero-order valence-corrected chi connectivity index (χ0v) is 21.0. The molecule has 6 rings (SSSR count). The number of para-hydroxylation sites is 1. The van der Waals surface area contributed by atoms with E-state index >= 15 is 0 Å². The van der Waals surface area contributed by atoms with Crippen LogP contribution in [0.2, 0.25) is 0 Å². The van der Waals surface area contributed by atoms with Crippen LogP contribution in [0.1, 0.15) is 24.1 Å². The lowest BCUT2D eigenvalue weighted by Gasteiger charge is -2.24. The van der Waals surface area contributed by atoms with Gasteiger partial charge in [0.2, 0.25) is 0 Å². The van der Waals surface area contributed by atoms with E-state index in [0.717, 1.165) is 87.8 Å². The number of nitrogens with zero attached hydrogens (tertiary/aromatic N) is 3. The quantitative estimate of drug-likeness (QED) is 0.267. The predicted molar refractivity (Wildman–Crippen MR) is 148 cm³/mol. The van der Waals surface area contributed by atoms with Crippen molar-refractivity contribution in [1.29, 1.82) is 0 Å². The van der Waals surface area contributed by atoms with Crippen molar-refractivity contribution in [2.24, 2.45) is 0 Å². The van der Waals surface area contributed by atoms with Gasteiger partial charge in [-0.3, -0.25) is 0 Å². The number of fused-ring (bicyclic) bond motifs is 2. The molecule has 1 aliphatic rings. The largest absolute Gasteiger partial charge is 0.455 e. The molecule has 1 saturated heterocycles. The van der Waals surface area contributed by atoms with Crippen LogP contribution in [0.25, 0.3) is 21.8 Å². The van der Waals surface area contributed by atoms with E-state index < -0.39 is 0 Å². The van der Waals surface area contributed by atoms with Crippen molar-refractivity contribution in [3.63, 3.8) is 0 Å². The van der Waals surface area contributed by atoms with E-state index in [-0.39, 0.29) is 0 Å². The van der Waals surface area contributed by atoms with Gasteiger partial charge in [-0.25, -0.2) is 15.0 Å². The fraction of sp³-hybridized carbons (Fsp3) is 0.233. The van der Waals surface area contributed by atoms with Gasteiger partial charge in [0.05, 0.1) is 5.52 Å². The van der Waals surface area contributed by atoms with Crippen molar-refractivity contribution in [2.45, 2.75) is 32.7 Å². The Bertz CT molecular complexity index is 1580. The molecule has 1 fully saturated rings. The van der Waals surface area contributed by atoms with Crippen LogP contribution in [0.4, 0.5) is 17.2 Å². The molecule has 5 aromatic rings. The summed E-state index contributed by atoms with van der Waals surface area (Å²) in [4.78, 5) is 13.7. The number of aryl methyl sites for hydroxylation is 2. The monoisotopic (exact) mass is 491 g/mol. The Morgan fingerprint density at radius 1 is 0.865 bits per heavy atom. The van der Waals surface area contributed by atoms with Crippen LogP contribution < -0.4 is 15.4 Å². The van der Waals surface area contributed by atoms with Gasteiger partial charge in [0.15, 0.2) is 5.75 Å². The lowest BCUT2D eigenvalue weighted by Crippen LogP contribution is -2.27. The highest BCUT2D eigenvalue weighted by molar-refractivity contribution is 5.93. The summed E-state index contributed by atoms with van der Waals surface area (Å²) in [7, 11) is 0. The van der Waals surface area contributed by atoms with Crippen LogP contribution >= 0.6 is 0 Å². The molecule has 0 spiro atoms. The molecule has 186 valence electrons. The average Bonchev–Trinajstić information content (AvgIpc) is 2.91. The van der Waals surface area contributed by atoms with Gasteiger partial charge in [-0.05, 0) is 80.8 Å². The van der Waals surface area contributed by atoms with Gasteiger partial charge in [-0.1, -0.05) is 18.2 Å². The van der Waals surface area contributed by atoms with Crippen molar-refractivity contribution in [2.75, 3.05) is 23.8 Å². The number of benzene rings is 3. The fourth-order valence-electron chi connectivity index (χ4n) is 4.72. The molecule has 0 aliphatic carbocycles. The van der Waals surface area contributed by atoms with Crippen molar-refractivity contribution in [3.05, 3.63) is 84.3 Å². The maximum Gasteiger partial charge on any atom is 0.153 e. The van der Waals surface area contributed by atoms with Gasteiger partial charge in [0.1, 0.15) is 23.4 Å². The molecule has 0 bridgehead atoms. The zero-order valence-electron chi connectivity index (χ0n) is 21.0. The number of hydrogen-bond donors (Lipinski definition) is 2. The molecule has 3 heterocycles. The molecule has 0 amide bonds. The first kappa shape index (κ1) is 23.2. The van der Waals surface area contributed by atoms with Crippen LogP contribution in [0.15, 0.2) is 73.1 Å². The minimum absolute atomic E-state index is 0.420. The Morgan fingerprint density at radius 3 is 2.59 bits per heavy atom. The van der Waals surface area contributed by atoms with Crippen LogP contribution in [-0.2, 0) is 4.74 Å². The van der Waals surface area contributed by atoms with Gasteiger partial charge in [-0.15, -0.1) is 0 Å². The summed E-state index contributed by atoms with van der Waals surface area (Å²) in [6.45, 7) is 5.63. The summed E-state index contributed by atoms with van der Waals surface area (Å²) >= 11 is 0. The summed E-state index contributed by atoms with van der Waals surface area (Å²) < 4.78 is 11.8. The lowest BCUT2D eigenvalue weighted by atomic mass is 10.1. The van der Waals surface area contributed by atoms with Crippen LogP contribution in [-0.4, -0.2) is 34.2 Å². The maximum atomic E-state index is 6.31. The average molecular weight is 492 g/mol. The van der Waals surface area contributed by atoms with Crippen LogP contribution in [0.3, 0.4) is 0 Å². The molecule has 0 saturated carbocycles. The molecule has 0 unspecified atom stereocenters. The minimum Gasteiger partial charge on any atom is -0.455 e. The number of ether oxygens (including phenoxy) is 2. The Kier molecular flexibility index (Phi) is 6.28. The second kappa shape index (κ2) is 10.0. The standard InChI is InChI=1S/C30H29N5O2/c1-19-16-23(9-11-27(19)37-28-5-3-4-21-7-6-20(2)33-29(21)28)35-30-25-17-24(8-10-26(25)31-18-32-30)34-22-12-14-36-15-13-22/h3-11,16-18,22,34H,12-15H2,1-2H3,(H,31,32,35). The van der Waals surface area contributed by atoms with E-state index in [1.807, 2.05) is 56.3 Å². The molecule has 37 heavy (non-hydrogen) atoms. The summed E-state index contributed by atoms with van der Waals surface area (Å²) in [6.07, 6.45) is 3.61. The highest BCUT2D eigenvalue weighted by atomic mass is 16.5. The smallest absolute Gasteiger partial charge is 0.153 e. The fourth-order valence-corrected chi connectivity index (χ4v) is 4.72. The number of nitrogens with one attached hydrogen (secondary N) is 2. The van der Waals surface area contributed by atoms with E-state index in [9.17, 15) is 0 Å². The third-order valence-corrected chi connectivity index (χ3v) is 6.71. The van der Waals surface area contributed by atoms with E-state index in [0.29, 0.717) is 6.04 Å². The van der Waals surface area contributed by atoms with Crippen molar-refractivity contribution in [3.8, 4) is 11.5 Å². The van der Waals surface area contributed by atoms with Crippen LogP contribution in [0.5, 0.6) is 11.5 Å². The minimum atomic E-state index is 0.420. The van der Waals surface area contributed by atoms with Crippen molar-refractivity contribution < 1.29 is 9.47 Å². The molecular weight excluding hydrogens is 462 g/mol. The van der Waals surface area contributed by atoms with Gasteiger partial charge in [0, 0.05) is 47.1 Å². The molecule has 7 nitrogen and oxygen atoms in total. The molecule has 1 aliphatic heterocycles. The summed E-state index contributed by atoms with van der Waals surface area (Å²) in [5.74, 6) is 2.30. The molecule has 2 aromatic heterocycles.